The van der Waals surface area contributed by atoms with E-state index in [0.717, 1.165) is 36.9 Å². The molecular weight excluding hydrogens is 390 g/mol. The summed E-state index contributed by atoms with van der Waals surface area (Å²) in [5.74, 6) is -0.724. The molecule has 28 heavy (non-hydrogen) atoms. The van der Waals surface area contributed by atoms with Crippen molar-refractivity contribution in [3.05, 3.63) is 60.3 Å². The zero-order valence-corrected chi connectivity index (χ0v) is 15.3. The number of aromatic nitrogens is 4. The maximum atomic E-state index is 13.3. The van der Waals surface area contributed by atoms with Gasteiger partial charge < -0.3 is 5.32 Å². The average molecular weight is 406 g/mol. The second kappa shape index (κ2) is 7.15. The summed E-state index contributed by atoms with van der Waals surface area (Å²) in [5.41, 5.74) is -0.0769. The van der Waals surface area contributed by atoms with Crippen LogP contribution in [0, 0.1) is 11.6 Å². The predicted molar refractivity (Wildman–Crippen MR) is 97.2 cm³/mol. The van der Waals surface area contributed by atoms with Crippen molar-refractivity contribution in [1.29, 1.82) is 0 Å². The summed E-state index contributed by atoms with van der Waals surface area (Å²) in [4.78, 5) is 8.23. The molecule has 0 saturated carbocycles. The van der Waals surface area contributed by atoms with Crippen LogP contribution >= 0.6 is 0 Å². The molecule has 0 aliphatic carbocycles. The van der Waals surface area contributed by atoms with Crippen LogP contribution in [0.1, 0.15) is 12.2 Å². The van der Waals surface area contributed by atoms with E-state index in [2.05, 4.69) is 25.1 Å². The highest BCUT2D eigenvalue weighted by Crippen LogP contribution is 2.20. The van der Waals surface area contributed by atoms with E-state index in [1.165, 1.54) is 18.6 Å². The van der Waals surface area contributed by atoms with E-state index in [0.29, 0.717) is 12.4 Å². The summed E-state index contributed by atoms with van der Waals surface area (Å²) in [5, 5.41) is 7.40. The first-order chi connectivity index (χ1) is 13.4. The molecule has 4 rings (SSSR count). The van der Waals surface area contributed by atoms with Crippen LogP contribution in [0.4, 0.5) is 20.3 Å². The molecule has 1 aliphatic heterocycles. The lowest BCUT2D eigenvalue weighted by Gasteiger charge is -2.24. The number of fused-ring (bicyclic) bond motifs is 1. The molecule has 3 aromatic rings. The van der Waals surface area contributed by atoms with Gasteiger partial charge in [-0.05, 0) is 30.7 Å². The van der Waals surface area contributed by atoms with Gasteiger partial charge in [0.2, 0.25) is 0 Å². The van der Waals surface area contributed by atoms with Gasteiger partial charge in [0.05, 0.1) is 12.2 Å². The fourth-order valence-electron chi connectivity index (χ4n) is 2.96. The number of pyridine rings is 1. The number of benzene rings is 1. The van der Waals surface area contributed by atoms with Crippen LogP contribution in [-0.4, -0.2) is 34.2 Å². The van der Waals surface area contributed by atoms with Gasteiger partial charge in [0.25, 0.3) is 10.0 Å². The zero-order valence-electron chi connectivity index (χ0n) is 14.5. The van der Waals surface area contributed by atoms with Crippen molar-refractivity contribution in [2.24, 2.45) is 0 Å². The van der Waals surface area contributed by atoms with Gasteiger partial charge in [0.1, 0.15) is 22.9 Å². The number of hydrogen-bond donors (Lipinski definition) is 2. The smallest absolute Gasteiger partial charge is 0.263 e. The van der Waals surface area contributed by atoms with Crippen molar-refractivity contribution in [3.63, 3.8) is 0 Å². The van der Waals surface area contributed by atoms with Gasteiger partial charge in [-0.25, -0.2) is 31.8 Å². The molecule has 1 atom stereocenters. The monoisotopic (exact) mass is 406 g/mol. The third-order valence-electron chi connectivity index (χ3n) is 4.38. The number of halogens is 2. The van der Waals surface area contributed by atoms with Gasteiger partial charge in [-0.3, -0.25) is 4.72 Å². The Hall–Kier alpha value is -3.08. The molecule has 3 heterocycles. The van der Waals surface area contributed by atoms with Gasteiger partial charge in [-0.2, -0.15) is 5.10 Å². The minimum atomic E-state index is -3.98. The van der Waals surface area contributed by atoms with E-state index in [-0.39, 0.29) is 16.6 Å². The molecule has 8 nitrogen and oxygen atoms in total. The van der Waals surface area contributed by atoms with Crippen molar-refractivity contribution < 1.29 is 17.2 Å². The van der Waals surface area contributed by atoms with Gasteiger partial charge in [0, 0.05) is 24.7 Å². The summed E-state index contributed by atoms with van der Waals surface area (Å²) in [7, 11) is -3.98. The molecule has 2 aromatic heterocycles. The Labute approximate surface area is 159 Å². The summed E-state index contributed by atoms with van der Waals surface area (Å²) in [6.45, 7) is 0.648. The van der Waals surface area contributed by atoms with Crippen LogP contribution in [0.15, 0.2) is 47.8 Å². The summed E-state index contributed by atoms with van der Waals surface area (Å²) in [6.07, 6.45) is 4.38. The Morgan fingerprint density at radius 1 is 1.11 bits per heavy atom. The van der Waals surface area contributed by atoms with Crippen molar-refractivity contribution in [2.75, 3.05) is 10.0 Å². The first kappa shape index (κ1) is 18.3. The van der Waals surface area contributed by atoms with E-state index in [1.807, 2.05) is 4.68 Å². The van der Waals surface area contributed by atoms with Gasteiger partial charge in [0.15, 0.2) is 11.6 Å². The van der Waals surface area contributed by atoms with Crippen LogP contribution in [-0.2, 0) is 23.0 Å². The number of nitrogens with zero attached hydrogens (tertiary/aromatic N) is 4. The van der Waals surface area contributed by atoms with E-state index in [4.69, 9.17) is 0 Å². The Bertz CT molecular complexity index is 1100. The molecule has 1 aliphatic rings. The van der Waals surface area contributed by atoms with E-state index in [1.54, 1.807) is 6.07 Å². The molecule has 0 bridgehead atoms. The standard InChI is InChI=1S/C17H16F2N6O2S/c18-14-4-1-11(7-15(14)19)24-28(26,27)13-3-5-16(20-8-13)23-12-2-6-17-21-10-22-25(17)9-12/h1,3-5,7-8,10,12,24H,2,6,9H2,(H,20,23). The van der Waals surface area contributed by atoms with Crippen molar-refractivity contribution >= 4 is 21.5 Å². The second-order valence-electron chi connectivity index (χ2n) is 6.35. The minimum Gasteiger partial charge on any atom is -0.365 e. The van der Waals surface area contributed by atoms with Crippen LogP contribution in [0.3, 0.4) is 0 Å². The molecule has 2 N–H and O–H groups in total. The van der Waals surface area contributed by atoms with Gasteiger partial charge >= 0.3 is 0 Å². The second-order valence-corrected chi connectivity index (χ2v) is 8.03. The highest BCUT2D eigenvalue weighted by molar-refractivity contribution is 7.92. The number of sulfonamides is 1. The van der Waals surface area contributed by atoms with Crippen molar-refractivity contribution in [2.45, 2.75) is 30.3 Å². The lowest BCUT2D eigenvalue weighted by atomic mass is 10.1. The number of hydrogen-bond acceptors (Lipinski definition) is 6. The molecule has 0 radical (unpaired) electrons. The molecule has 1 unspecified atom stereocenters. The molecule has 0 saturated heterocycles. The average Bonchev–Trinajstić information content (AvgIpc) is 3.13. The Morgan fingerprint density at radius 2 is 1.96 bits per heavy atom. The summed E-state index contributed by atoms with van der Waals surface area (Å²) in [6, 6.07) is 5.81. The number of rotatable bonds is 5. The highest BCUT2D eigenvalue weighted by atomic mass is 32.2. The predicted octanol–water partition coefficient (Wildman–Crippen LogP) is 2.18. The number of anilines is 2. The molecular formula is C17H16F2N6O2S. The molecule has 0 amide bonds. The van der Waals surface area contributed by atoms with Gasteiger partial charge in [-0.15, -0.1) is 0 Å². The van der Waals surface area contributed by atoms with E-state index in [9.17, 15) is 17.2 Å². The number of nitrogens with one attached hydrogen (secondary N) is 2. The molecule has 0 spiro atoms. The maximum Gasteiger partial charge on any atom is 0.263 e. The minimum absolute atomic E-state index is 0.0769. The van der Waals surface area contributed by atoms with Crippen molar-refractivity contribution in [3.8, 4) is 0 Å². The lowest BCUT2D eigenvalue weighted by molar-refractivity contribution is 0.440. The van der Waals surface area contributed by atoms with Crippen molar-refractivity contribution in [1.82, 2.24) is 19.7 Å². The maximum absolute atomic E-state index is 13.3. The lowest BCUT2D eigenvalue weighted by Crippen LogP contribution is -2.32. The van der Waals surface area contributed by atoms with Crippen LogP contribution < -0.4 is 10.0 Å². The zero-order chi connectivity index (χ0) is 19.7. The third kappa shape index (κ3) is 3.79. The Kier molecular flexibility index (Phi) is 4.67. The fourth-order valence-corrected chi connectivity index (χ4v) is 3.96. The largest absolute Gasteiger partial charge is 0.365 e. The molecule has 1 aromatic carbocycles. The molecule has 146 valence electrons. The third-order valence-corrected chi connectivity index (χ3v) is 5.74. The fraction of sp³-hybridized carbons (Fsp3) is 0.235. The van der Waals surface area contributed by atoms with Gasteiger partial charge in [-0.1, -0.05) is 0 Å². The normalized spacial score (nSPS) is 16.4. The number of aryl methyl sites for hydroxylation is 1. The van der Waals surface area contributed by atoms with Crippen LogP contribution in [0.25, 0.3) is 0 Å². The van der Waals surface area contributed by atoms with E-state index < -0.39 is 21.7 Å². The molecule has 11 heteroatoms. The van der Waals surface area contributed by atoms with Crippen LogP contribution in [0.2, 0.25) is 0 Å². The summed E-state index contributed by atoms with van der Waals surface area (Å²) < 4.78 is 55.1. The quantitative estimate of drug-likeness (QED) is 0.674. The highest BCUT2D eigenvalue weighted by Gasteiger charge is 2.21. The summed E-state index contributed by atoms with van der Waals surface area (Å²) >= 11 is 0. The SMILES string of the molecule is O=S(=O)(Nc1ccc(F)c(F)c1)c1ccc(NC2CCc3ncnn3C2)nc1. The Morgan fingerprint density at radius 3 is 2.71 bits per heavy atom. The first-order valence-corrected chi connectivity index (χ1v) is 9.96. The van der Waals surface area contributed by atoms with E-state index >= 15 is 0 Å². The first-order valence-electron chi connectivity index (χ1n) is 8.48. The molecule has 0 fully saturated rings. The Balaban J connectivity index is 1.44. The topological polar surface area (TPSA) is 102 Å². The van der Waals surface area contributed by atoms with Crippen LogP contribution in [0.5, 0.6) is 0 Å².